The predicted octanol–water partition coefficient (Wildman–Crippen LogP) is 2.64. The summed E-state index contributed by atoms with van der Waals surface area (Å²) < 4.78 is 23.6. The van der Waals surface area contributed by atoms with Crippen molar-refractivity contribution in [2.45, 2.75) is 76.5 Å². The van der Waals surface area contributed by atoms with Crippen molar-refractivity contribution in [2.24, 2.45) is 17.7 Å². The van der Waals surface area contributed by atoms with Crippen LogP contribution in [0.25, 0.3) is 0 Å². The van der Waals surface area contributed by atoms with E-state index >= 15 is 0 Å². The Balaban J connectivity index is 2.72. The second-order valence-electron chi connectivity index (χ2n) is 6.38. The third kappa shape index (κ3) is 5.01. The first-order valence-corrected chi connectivity index (χ1v) is 10.0. The van der Waals surface area contributed by atoms with Gasteiger partial charge in [-0.15, -0.1) is 0 Å². The van der Waals surface area contributed by atoms with Gasteiger partial charge < -0.3 is 0 Å². The standard InChI is InChI=1S/C15H32N2O2S/c1-4-6-8-12(5-2)15(17-16)13-9-7-10-14(11-13)20(3,18)19/h12-15,17H,4-11,16H2,1-3H3. The van der Waals surface area contributed by atoms with Gasteiger partial charge >= 0.3 is 0 Å². The lowest BCUT2D eigenvalue weighted by atomic mass is 9.76. The van der Waals surface area contributed by atoms with Gasteiger partial charge in [0.25, 0.3) is 0 Å². The van der Waals surface area contributed by atoms with Gasteiger partial charge in [0.05, 0.1) is 5.25 Å². The predicted molar refractivity (Wildman–Crippen MR) is 85.0 cm³/mol. The Bertz CT molecular complexity index is 370. The van der Waals surface area contributed by atoms with Crippen LogP contribution in [-0.4, -0.2) is 26.0 Å². The van der Waals surface area contributed by atoms with E-state index in [0.29, 0.717) is 11.8 Å². The van der Waals surface area contributed by atoms with Crippen molar-refractivity contribution in [3.63, 3.8) is 0 Å². The normalized spacial score (nSPS) is 27.2. The number of nitrogens with one attached hydrogen (secondary N) is 1. The Morgan fingerprint density at radius 2 is 2.00 bits per heavy atom. The molecule has 0 aromatic heterocycles. The third-order valence-corrected chi connectivity index (χ3v) is 6.57. The lowest BCUT2D eigenvalue weighted by Crippen LogP contribution is -2.48. The zero-order valence-corrected chi connectivity index (χ0v) is 14.1. The fourth-order valence-corrected chi connectivity index (χ4v) is 4.85. The van der Waals surface area contributed by atoms with Gasteiger partial charge in [0.1, 0.15) is 9.84 Å². The summed E-state index contributed by atoms with van der Waals surface area (Å²) in [7, 11) is -2.92. The lowest BCUT2D eigenvalue weighted by Gasteiger charge is -2.37. The zero-order chi connectivity index (χ0) is 15.2. The van der Waals surface area contributed by atoms with Crippen LogP contribution in [0.2, 0.25) is 0 Å². The van der Waals surface area contributed by atoms with Crippen LogP contribution in [-0.2, 0) is 9.84 Å². The van der Waals surface area contributed by atoms with Crippen LogP contribution in [0.3, 0.4) is 0 Å². The molecule has 0 aromatic carbocycles. The second kappa shape index (κ2) is 8.35. The summed E-state index contributed by atoms with van der Waals surface area (Å²) in [6.45, 7) is 4.42. The fourth-order valence-electron chi connectivity index (χ4n) is 3.66. The van der Waals surface area contributed by atoms with Crippen LogP contribution < -0.4 is 11.3 Å². The van der Waals surface area contributed by atoms with Crippen molar-refractivity contribution < 1.29 is 8.42 Å². The fraction of sp³-hybridized carbons (Fsp3) is 1.00. The molecule has 1 rings (SSSR count). The summed E-state index contributed by atoms with van der Waals surface area (Å²) in [5.74, 6) is 6.76. The van der Waals surface area contributed by atoms with Gasteiger partial charge in [-0.1, -0.05) is 39.5 Å². The van der Waals surface area contributed by atoms with E-state index in [2.05, 4.69) is 19.3 Å². The van der Waals surface area contributed by atoms with Crippen molar-refractivity contribution in [3.8, 4) is 0 Å². The van der Waals surface area contributed by atoms with Crippen molar-refractivity contribution >= 4 is 9.84 Å². The molecule has 0 spiro atoms. The summed E-state index contributed by atoms with van der Waals surface area (Å²) in [5, 5.41) is -0.166. The Labute approximate surface area is 124 Å². The van der Waals surface area contributed by atoms with Crippen molar-refractivity contribution in [1.82, 2.24) is 5.43 Å². The molecular formula is C15H32N2O2S. The molecule has 0 saturated heterocycles. The Hall–Kier alpha value is -0.130. The van der Waals surface area contributed by atoms with E-state index in [1.807, 2.05) is 0 Å². The van der Waals surface area contributed by atoms with Crippen molar-refractivity contribution in [3.05, 3.63) is 0 Å². The van der Waals surface area contributed by atoms with E-state index in [0.717, 1.165) is 32.1 Å². The van der Waals surface area contributed by atoms with Crippen LogP contribution >= 0.6 is 0 Å². The molecule has 4 atom stereocenters. The third-order valence-electron chi connectivity index (χ3n) is 4.93. The Morgan fingerprint density at radius 1 is 1.30 bits per heavy atom. The molecule has 20 heavy (non-hydrogen) atoms. The van der Waals surface area contributed by atoms with E-state index in [4.69, 9.17) is 5.84 Å². The molecule has 0 aromatic rings. The van der Waals surface area contributed by atoms with Gasteiger partial charge in [0.15, 0.2) is 0 Å². The molecule has 0 radical (unpaired) electrons. The highest BCUT2D eigenvalue weighted by Gasteiger charge is 2.35. The van der Waals surface area contributed by atoms with Crippen LogP contribution in [0.15, 0.2) is 0 Å². The average molecular weight is 304 g/mol. The molecule has 4 nitrogen and oxygen atoms in total. The maximum absolute atomic E-state index is 11.8. The molecule has 1 saturated carbocycles. The van der Waals surface area contributed by atoms with Crippen LogP contribution in [0.1, 0.15) is 65.2 Å². The van der Waals surface area contributed by atoms with Gasteiger partial charge in [-0.3, -0.25) is 11.3 Å². The van der Waals surface area contributed by atoms with Gasteiger partial charge in [0, 0.05) is 12.3 Å². The Kier molecular flexibility index (Phi) is 7.48. The topological polar surface area (TPSA) is 72.2 Å². The largest absolute Gasteiger partial charge is 0.271 e. The highest BCUT2D eigenvalue weighted by molar-refractivity contribution is 7.91. The molecule has 1 aliphatic rings. The molecule has 0 heterocycles. The minimum Gasteiger partial charge on any atom is -0.271 e. The molecule has 1 aliphatic carbocycles. The molecular weight excluding hydrogens is 272 g/mol. The highest BCUT2D eigenvalue weighted by atomic mass is 32.2. The first kappa shape index (κ1) is 17.9. The van der Waals surface area contributed by atoms with Gasteiger partial charge in [0.2, 0.25) is 0 Å². The first-order chi connectivity index (χ1) is 9.43. The molecule has 0 aliphatic heterocycles. The molecule has 0 bridgehead atoms. The van der Waals surface area contributed by atoms with Crippen LogP contribution in [0.4, 0.5) is 0 Å². The number of hydrazine groups is 1. The molecule has 3 N–H and O–H groups in total. The smallest absolute Gasteiger partial charge is 0.150 e. The van der Waals surface area contributed by atoms with Gasteiger partial charge in [-0.25, -0.2) is 8.42 Å². The maximum Gasteiger partial charge on any atom is 0.150 e. The monoisotopic (exact) mass is 304 g/mol. The van der Waals surface area contributed by atoms with E-state index in [9.17, 15) is 8.42 Å². The quantitative estimate of drug-likeness (QED) is 0.534. The molecule has 120 valence electrons. The zero-order valence-electron chi connectivity index (χ0n) is 13.3. The molecule has 0 amide bonds. The van der Waals surface area contributed by atoms with E-state index in [1.165, 1.54) is 25.5 Å². The Morgan fingerprint density at radius 3 is 2.50 bits per heavy atom. The number of nitrogens with two attached hydrogens (primary N) is 1. The minimum absolute atomic E-state index is 0.166. The second-order valence-corrected chi connectivity index (χ2v) is 8.71. The maximum atomic E-state index is 11.8. The number of rotatable bonds is 8. The average Bonchev–Trinajstić information content (AvgIpc) is 2.42. The van der Waals surface area contributed by atoms with Crippen LogP contribution in [0, 0.1) is 11.8 Å². The van der Waals surface area contributed by atoms with E-state index < -0.39 is 9.84 Å². The highest BCUT2D eigenvalue weighted by Crippen LogP contribution is 2.34. The van der Waals surface area contributed by atoms with Crippen molar-refractivity contribution in [2.75, 3.05) is 6.26 Å². The summed E-state index contributed by atoms with van der Waals surface area (Å²) in [4.78, 5) is 0. The van der Waals surface area contributed by atoms with Gasteiger partial charge in [-0.2, -0.15) is 0 Å². The van der Waals surface area contributed by atoms with E-state index in [-0.39, 0.29) is 11.3 Å². The van der Waals surface area contributed by atoms with Crippen molar-refractivity contribution in [1.29, 1.82) is 0 Å². The number of unbranched alkanes of at least 4 members (excludes halogenated alkanes) is 1. The van der Waals surface area contributed by atoms with Crippen LogP contribution in [0.5, 0.6) is 0 Å². The number of sulfone groups is 1. The summed E-state index contributed by atoms with van der Waals surface area (Å²) in [5.41, 5.74) is 3.01. The number of hydrogen-bond acceptors (Lipinski definition) is 4. The molecule has 4 unspecified atom stereocenters. The molecule has 5 heteroatoms. The number of hydrogen-bond donors (Lipinski definition) is 2. The summed E-state index contributed by atoms with van der Waals surface area (Å²) in [6, 6.07) is 0.260. The lowest BCUT2D eigenvalue weighted by molar-refractivity contribution is 0.194. The van der Waals surface area contributed by atoms with E-state index in [1.54, 1.807) is 0 Å². The molecule has 1 fully saturated rings. The SMILES string of the molecule is CCCCC(CC)C(NN)C1CCCC(S(C)(=O)=O)C1. The summed E-state index contributed by atoms with van der Waals surface area (Å²) in [6.07, 6.45) is 9.78. The van der Waals surface area contributed by atoms with Gasteiger partial charge in [-0.05, 0) is 37.5 Å². The minimum atomic E-state index is -2.92. The summed E-state index contributed by atoms with van der Waals surface area (Å²) >= 11 is 0. The first-order valence-electron chi connectivity index (χ1n) is 8.09.